The Balaban J connectivity index is 2.20. The Bertz CT molecular complexity index is 290. The summed E-state index contributed by atoms with van der Waals surface area (Å²) in [7, 11) is 1.59. The summed E-state index contributed by atoms with van der Waals surface area (Å²) in [5, 5.41) is 28.8. The molecule has 0 bridgehead atoms. The number of aliphatic hydroxyl groups is 2. The number of aliphatic carboxylic acids is 1. The first kappa shape index (κ1) is 13.7. The van der Waals surface area contributed by atoms with Gasteiger partial charge in [-0.3, -0.25) is 0 Å². The zero-order chi connectivity index (χ0) is 13.0. The van der Waals surface area contributed by atoms with Gasteiger partial charge in [0.2, 0.25) is 0 Å². The van der Waals surface area contributed by atoms with E-state index in [1.165, 1.54) is 4.90 Å². The van der Waals surface area contributed by atoms with Crippen molar-refractivity contribution in [2.24, 2.45) is 5.92 Å². The van der Waals surface area contributed by atoms with Gasteiger partial charge in [-0.15, -0.1) is 0 Å². The van der Waals surface area contributed by atoms with Gasteiger partial charge in [0, 0.05) is 13.6 Å². The second-order valence-corrected chi connectivity index (χ2v) is 4.41. The van der Waals surface area contributed by atoms with Gasteiger partial charge in [0.1, 0.15) is 0 Å². The van der Waals surface area contributed by atoms with Crippen molar-refractivity contribution in [2.75, 3.05) is 20.1 Å². The Labute approximate surface area is 99.0 Å². The van der Waals surface area contributed by atoms with E-state index in [2.05, 4.69) is 5.32 Å². The van der Waals surface area contributed by atoms with E-state index in [1.54, 1.807) is 7.05 Å². The highest BCUT2D eigenvalue weighted by Gasteiger charge is 2.29. The fraction of sp³-hybridized carbons (Fsp3) is 0.800. The van der Waals surface area contributed by atoms with Gasteiger partial charge >= 0.3 is 12.0 Å². The summed E-state index contributed by atoms with van der Waals surface area (Å²) in [6, 6.07) is -0.424. The highest BCUT2D eigenvalue weighted by Crippen LogP contribution is 2.27. The van der Waals surface area contributed by atoms with Gasteiger partial charge in [-0.05, 0) is 18.8 Å². The molecule has 1 aliphatic carbocycles. The predicted octanol–water partition coefficient (Wildman–Crippen LogP) is -1.16. The number of carboxylic acids is 1. The first-order chi connectivity index (χ1) is 7.90. The molecule has 0 aromatic heterocycles. The van der Waals surface area contributed by atoms with E-state index in [9.17, 15) is 9.59 Å². The predicted molar refractivity (Wildman–Crippen MR) is 58.4 cm³/mol. The normalized spacial score (nSPS) is 24.6. The fourth-order valence-corrected chi connectivity index (χ4v) is 1.73. The number of nitrogens with one attached hydrogen (secondary N) is 1. The number of hydrogen-bond acceptors (Lipinski definition) is 4. The van der Waals surface area contributed by atoms with E-state index in [1.807, 2.05) is 0 Å². The lowest BCUT2D eigenvalue weighted by atomic mass is 9.82. The second-order valence-electron chi connectivity index (χ2n) is 4.41. The van der Waals surface area contributed by atoms with Crippen molar-refractivity contribution in [3.8, 4) is 0 Å². The molecule has 0 aliphatic heterocycles. The van der Waals surface area contributed by atoms with Crippen molar-refractivity contribution in [1.29, 1.82) is 0 Å². The first-order valence-corrected chi connectivity index (χ1v) is 5.48. The molecule has 17 heavy (non-hydrogen) atoms. The summed E-state index contributed by atoms with van der Waals surface area (Å²) in [4.78, 5) is 23.2. The first-order valence-electron chi connectivity index (χ1n) is 5.48. The highest BCUT2D eigenvalue weighted by atomic mass is 16.4. The summed E-state index contributed by atoms with van der Waals surface area (Å²) < 4.78 is 0. The van der Waals surface area contributed by atoms with E-state index < -0.39 is 18.1 Å². The van der Waals surface area contributed by atoms with E-state index in [-0.39, 0.29) is 12.6 Å². The molecule has 0 heterocycles. The number of carboxylic acid groups (broad SMARTS) is 1. The van der Waals surface area contributed by atoms with Crippen LogP contribution in [0.2, 0.25) is 0 Å². The monoisotopic (exact) mass is 246 g/mol. The van der Waals surface area contributed by atoms with Gasteiger partial charge in [0.25, 0.3) is 0 Å². The molecule has 1 saturated carbocycles. The number of rotatable bonds is 5. The molecule has 4 N–H and O–H groups in total. The summed E-state index contributed by atoms with van der Waals surface area (Å²) >= 11 is 0. The molecule has 98 valence electrons. The molecule has 1 rings (SSSR count). The van der Waals surface area contributed by atoms with E-state index in [4.69, 9.17) is 15.3 Å². The molecule has 0 aromatic rings. The Morgan fingerprint density at radius 2 is 2.06 bits per heavy atom. The minimum atomic E-state index is -1.59. The lowest BCUT2D eigenvalue weighted by molar-refractivity contribution is -0.146. The summed E-state index contributed by atoms with van der Waals surface area (Å²) in [5.74, 6) is -1.07. The lowest BCUT2D eigenvalue weighted by Gasteiger charge is -2.34. The van der Waals surface area contributed by atoms with Crippen molar-refractivity contribution < 1.29 is 24.9 Å². The molecule has 0 aromatic carbocycles. The molecule has 0 saturated heterocycles. The van der Waals surface area contributed by atoms with Crippen LogP contribution in [-0.4, -0.2) is 64.6 Å². The van der Waals surface area contributed by atoms with Crippen molar-refractivity contribution in [2.45, 2.75) is 25.0 Å². The van der Waals surface area contributed by atoms with Crippen LogP contribution in [0.15, 0.2) is 0 Å². The van der Waals surface area contributed by atoms with Crippen LogP contribution in [0, 0.1) is 5.92 Å². The van der Waals surface area contributed by atoms with Gasteiger partial charge in [0.15, 0.2) is 6.10 Å². The van der Waals surface area contributed by atoms with E-state index in [0.29, 0.717) is 25.3 Å². The minimum absolute atomic E-state index is 0.259. The average Bonchev–Trinajstić information content (AvgIpc) is 2.22. The Kier molecular flexibility index (Phi) is 4.71. The number of urea groups is 1. The van der Waals surface area contributed by atoms with Crippen LogP contribution in [-0.2, 0) is 4.79 Å². The van der Waals surface area contributed by atoms with Crippen LogP contribution < -0.4 is 5.32 Å². The number of nitrogens with zero attached hydrogens (tertiary/aromatic N) is 1. The van der Waals surface area contributed by atoms with Gasteiger partial charge in [-0.1, -0.05) is 0 Å². The van der Waals surface area contributed by atoms with Crippen LogP contribution in [0.25, 0.3) is 0 Å². The smallest absolute Gasteiger partial charge is 0.334 e. The molecule has 1 unspecified atom stereocenters. The van der Waals surface area contributed by atoms with E-state index in [0.717, 1.165) is 0 Å². The maximum absolute atomic E-state index is 11.5. The molecule has 0 spiro atoms. The van der Waals surface area contributed by atoms with Crippen molar-refractivity contribution >= 4 is 12.0 Å². The summed E-state index contributed by atoms with van der Waals surface area (Å²) in [6.07, 6.45) is -0.465. The Hall–Kier alpha value is -1.34. The quantitative estimate of drug-likeness (QED) is 0.489. The van der Waals surface area contributed by atoms with Gasteiger partial charge in [-0.25, -0.2) is 9.59 Å². The van der Waals surface area contributed by atoms with Crippen LogP contribution >= 0.6 is 0 Å². The number of carbonyl (C=O) groups excluding carboxylic acids is 1. The number of hydrogen-bond donors (Lipinski definition) is 4. The summed E-state index contributed by atoms with van der Waals surface area (Å²) in [6.45, 7) is 0.206. The standard InChI is InChI=1S/C10H18N2O5/c1-12(5-6-2-7(13)3-6)10(17)11-4-8(14)9(15)16/h6-8,13-14H,2-5H2,1H3,(H,11,17)(H,15,16). The number of aliphatic hydroxyl groups excluding tert-OH is 2. The molecule has 7 nitrogen and oxygen atoms in total. The average molecular weight is 246 g/mol. The van der Waals surface area contributed by atoms with Crippen molar-refractivity contribution in [3.63, 3.8) is 0 Å². The molecule has 1 aliphatic rings. The Morgan fingerprint density at radius 1 is 1.47 bits per heavy atom. The SMILES string of the molecule is CN(CC1CC(O)C1)C(=O)NCC(O)C(=O)O. The third-order valence-corrected chi connectivity index (χ3v) is 2.82. The topological polar surface area (TPSA) is 110 Å². The molecular weight excluding hydrogens is 228 g/mol. The number of carbonyl (C=O) groups is 2. The Morgan fingerprint density at radius 3 is 2.53 bits per heavy atom. The van der Waals surface area contributed by atoms with Gasteiger partial charge in [-0.2, -0.15) is 0 Å². The van der Waals surface area contributed by atoms with Gasteiger partial charge < -0.3 is 25.5 Å². The summed E-state index contributed by atoms with van der Waals surface area (Å²) in [5.41, 5.74) is 0. The molecular formula is C10H18N2O5. The lowest BCUT2D eigenvalue weighted by Crippen LogP contribution is -2.46. The zero-order valence-electron chi connectivity index (χ0n) is 9.67. The van der Waals surface area contributed by atoms with Crippen LogP contribution in [0.4, 0.5) is 4.79 Å². The van der Waals surface area contributed by atoms with Crippen LogP contribution in [0.1, 0.15) is 12.8 Å². The third kappa shape index (κ3) is 4.20. The third-order valence-electron chi connectivity index (χ3n) is 2.82. The molecule has 0 radical (unpaired) electrons. The zero-order valence-corrected chi connectivity index (χ0v) is 9.67. The highest BCUT2D eigenvalue weighted by molar-refractivity contribution is 5.76. The molecule has 2 amide bonds. The molecule has 7 heteroatoms. The maximum atomic E-state index is 11.5. The van der Waals surface area contributed by atoms with E-state index >= 15 is 0 Å². The minimum Gasteiger partial charge on any atom is -0.479 e. The molecule has 1 atom stereocenters. The second kappa shape index (κ2) is 5.83. The number of amides is 2. The van der Waals surface area contributed by atoms with Crippen LogP contribution in [0.5, 0.6) is 0 Å². The molecule has 1 fully saturated rings. The van der Waals surface area contributed by atoms with Crippen LogP contribution in [0.3, 0.4) is 0 Å². The van der Waals surface area contributed by atoms with Gasteiger partial charge in [0.05, 0.1) is 12.6 Å². The maximum Gasteiger partial charge on any atom is 0.334 e. The van der Waals surface area contributed by atoms with Crippen molar-refractivity contribution in [1.82, 2.24) is 10.2 Å². The van der Waals surface area contributed by atoms with Crippen molar-refractivity contribution in [3.05, 3.63) is 0 Å². The fourth-order valence-electron chi connectivity index (χ4n) is 1.73. The largest absolute Gasteiger partial charge is 0.479 e.